The number of fused-ring (bicyclic) bond motifs is 1. The van der Waals surface area contributed by atoms with Crippen molar-refractivity contribution in [2.45, 2.75) is 18.5 Å². The number of aromatic nitrogens is 1. The molecule has 0 saturated carbocycles. The zero-order valence-electron chi connectivity index (χ0n) is 16.5. The largest absolute Gasteiger partial charge is 0.459 e. The van der Waals surface area contributed by atoms with Gasteiger partial charge < -0.3 is 15.1 Å². The van der Waals surface area contributed by atoms with Crippen molar-refractivity contribution in [2.24, 2.45) is 5.73 Å². The predicted octanol–water partition coefficient (Wildman–Crippen LogP) is 5.23. The lowest BCUT2D eigenvalue weighted by Crippen LogP contribution is -2.15. The van der Waals surface area contributed by atoms with Crippen molar-refractivity contribution < 1.29 is 9.21 Å². The molecular weight excluding hydrogens is 416 g/mol. The van der Waals surface area contributed by atoms with Gasteiger partial charge in [-0.3, -0.25) is 4.79 Å². The molecule has 4 aromatic rings. The van der Waals surface area contributed by atoms with Crippen molar-refractivity contribution >= 4 is 51.3 Å². The first-order valence-corrected chi connectivity index (χ1v) is 11.1. The fourth-order valence-electron chi connectivity index (χ4n) is 2.93. The molecule has 1 amide bonds. The zero-order chi connectivity index (χ0) is 21.5. The minimum Gasteiger partial charge on any atom is -0.459 e. The highest BCUT2D eigenvalue weighted by atomic mass is 32.2. The average Bonchev–Trinajstić information content (AvgIpc) is 3.35. The van der Waals surface area contributed by atoms with Crippen molar-refractivity contribution in [1.29, 1.82) is 5.26 Å². The van der Waals surface area contributed by atoms with Gasteiger partial charge in [0.2, 0.25) is 6.41 Å². The monoisotopic (exact) mass is 436 g/mol. The van der Waals surface area contributed by atoms with Crippen LogP contribution in [0.15, 0.2) is 64.0 Å². The molecule has 0 saturated heterocycles. The molecule has 0 atom stereocenters. The van der Waals surface area contributed by atoms with Gasteiger partial charge in [0.05, 0.1) is 18.2 Å². The Labute approximate surface area is 182 Å². The molecule has 0 unspecified atom stereocenters. The first-order valence-electron chi connectivity index (χ1n) is 9.01. The smallest absolute Gasteiger partial charge is 0.204 e. The Balaban J connectivity index is 0.000000806. The maximum absolute atomic E-state index is 9.08. The van der Waals surface area contributed by atoms with Crippen molar-refractivity contribution in [1.82, 2.24) is 4.98 Å². The highest BCUT2D eigenvalue weighted by Gasteiger charge is 2.18. The molecule has 30 heavy (non-hydrogen) atoms. The van der Waals surface area contributed by atoms with Crippen molar-refractivity contribution in [3.8, 4) is 6.07 Å². The molecule has 8 heteroatoms. The normalized spacial score (nSPS) is 10.2. The second kappa shape index (κ2) is 9.96. The van der Waals surface area contributed by atoms with Gasteiger partial charge in [0, 0.05) is 16.0 Å². The summed E-state index contributed by atoms with van der Waals surface area (Å²) >= 11 is 3.32. The molecule has 0 radical (unpaired) electrons. The quantitative estimate of drug-likeness (QED) is 0.340. The lowest BCUT2D eigenvalue weighted by molar-refractivity contribution is -0.106. The molecule has 152 valence electrons. The van der Waals surface area contributed by atoms with Gasteiger partial charge >= 0.3 is 0 Å². The molecule has 2 aromatic carbocycles. The van der Waals surface area contributed by atoms with Crippen LogP contribution in [0.3, 0.4) is 0 Å². The minimum atomic E-state index is 0.250. The Kier molecular flexibility index (Phi) is 7.12. The summed E-state index contributed by atoms with van der Waals surface area (Å²) in [6, 6.07) is 19.8. The average molecular weight is 437 g/mol. The number of nitrogens with two attached hydrogens (primary N) is 1. The third kappa shape index (κ3) is 4.82. The number of aryl methyl sites for hydroxylation is 1. The summed E-state index contributed by atoms with van der Waals surface area (Å²) in [5.74, 6) is 0.874. The van der Waals surface area contributed by atoms with Crippen LogP contribution < -0.4 is 10.6 Å². The van der Waals surface area contributed by atoms with E-state index in [0.29, 0.717) is 12.1 Å². The standard InChI is InChI=1S/C21H17N3OS2.CH3NO/c1-14-20(26-2)23-21(27-14)24(17-9-7-15(12-22)8-10-17)13-18-11-16-5-3-4-6-19(16)25-18;2-1-3/h3-11H,13H2,1-2H3;1H,(H2,2,3). The maximum atomic E-state index is 9.08. The Morgan fingerprint density at radius 2 is 1.97 bits per heavy atom. The molecule has 0 bridgehead atoms. The van der Waals surface area contributed by atoms with E-state index in [4.69, 9.17) is 19.5 Å². The second-order valence-electron chi connectivity index (χ2n) is 6.19. The summed E-state index contributed by atoms with van der Waals surface area (Å²) < 4.78 is 6.03. The van der Waals surface area contributed by atoms with Crippen molar-refractivity contribution in [2.75, 3.05) is 11.2 Å². The van der Waals surface area contributed by atoms with E-state index in [0.717, 1.165) is 32.6 Å². The lowest BCUT2D eigenvalue weighted by Gasteiger charge is -2.21. The third-order valence-electron chi connectivity index (χ3n) is 4.27. The summed E-state index contributed by atoms with van der Waals surface area (Å²) in [7, 11) is 0. The summed E-state index contributed by atoms with van der Waals surface area (Å²) in [5.41, 5.74) is 6.67. The molecule has 4 rings (SSSR count). The number of thioether (sulfide) groups is 1. The van der Waals surface area contributed by atoms with Crippen LogP contribution in [0.5, 0.6) is 0 Å². The van der Waals surface area contributed by atoms with Crippen LogP contribution in [0.1, 0.15) is 16.2 Å². The van der Waals surface area contributed by atoms with Gasteiger partial charge in [0.25, 0.3) is 0 Å². The number of carbonyl (C=O) groups is 1. The fraction of sp³-hybridized carbons (Fsp3) is 0.136. The highest BCUT2D eigenvalue weighted by molar-refractivity contribution is 7.98. The van der Waals surface area contributed by atoms with E-state index >= 15 is 0 Å². The zero-order valence-corrected chi connectivity index (χ0v) is 18.2. The SMILES string of the molecule is CSc1nc(N(Cc2cc3ccccc3o2)c2ccc(C#N)cc2)sc1C.NC=O. The van der Waals surface area contributed by atoms with E-state index in [-0.39, 0.29) is 6.41 Å². The van der Waals surface area contributed by atoms with Gasteiger partial charge in [0.15, 0.2) is 5.13 Å². The Morgan fingerprint density at radius 1 is 1.27 bits per heavy atom. The van der Waals surface area contributed by atoms with Crippen LogP contribution in [-0.2, 0) is 11.3 Å². The summed E-state index contributed by atoms with van der Waals surface area (Å²) in [4.78, 5) is 16.7. The number of hydrogen-bond acceptors (Lipinski definition) is 7. The number of amides is 1. The summed E-state index contributed by atoms with van der Waals surface area (Å²) in [5, 5.41) is 12.1. The summed E-state index contributed by atoms with van der Waals surface area (Å²) in [6.45, 7) is 2.66. The van der Waals surface area contributed by atoms with E-state index in [1.807, 2.05) is 54.8 Å². The minimum absolute atomic E-state index is 0.250. The number of hydrogen-bond donors (Lipinski definition) is 1. The Hall–Kier alpha value is -3.28. The summed E-state index contributed by atoms with van der Waals surface area (Å²) in [6.07, 6.45) is 2.29. The lowest BCUT2D eigenvalue weighted by atomic mass is 10.2. The molecule has 0 aliphatic rings. The van der Waals surface area contributed by atoms with Crippen molar-refractivity contribution in [3.63, 3.8) is 0 Å². The van der Waals surface area contributed by atoms with Crippen LogP contribution in [-0.4, -0.2) is 17.6 Å². The first kappa shape index (κ1) is 21.4. The van der Waals surface area contributed by atoms with E-state index in [1.165, 1.54) is 4.88 Å². The van der Waals surface area contributed by atoms with Gasteiger partial charge in [-0.25, -0.2) is 4.98 Å². The van der Waals surface area contributed by atoms with Gasteiger partial charge in [0.1, 0.15) is 16.4 Å². The second-order valence-corrected chi connectivity index (χ2v) is 8.17. The number of carbonyl (C=O) groups excluding carboxylic acids is 1. The molecule has 2 heterocycles. The van der Waals surface area contributed by atoms with Crippen LogP contribution in [0.25, 0.3) is 11.0 Å². The van der Waals surface area contributed by atoms with Crippen LogP contribution >= 0.6 is 23.1 Å². The van der Waals surface area contributed by atoms with Crippen LogP contribution in [0, 0.1) is 18.3 Å². The van der Waals surface area contributed by atoms with Crippen LogP contribution in [0.2, 0.25) is 0 Å². The highest BCUT2D eigenvalue weighted by Crippen LogP contribution is 2.36. The van der Waals surface area contributed by atoms with Gasteiger partial charge in [-0.1, -0.05) is 18.2 Å². The fourth-order valence-corrected chi connectivity index (χ4v) is 4.65. The molecule has 0 spiro atoms. The van der Waals surface area contributed by atoms with E-state index in [2.05, 4.69) is 29.7 Å². The van der Waals surface area contributed by atoms with Gasteiger partial charge in [-0.05, 0) is 49.6 Å². The first-order chi connectivity index (χ1) is 14.6. The number of thiazole rings is 1. The number of primary amides is 1. The number of nitriles is 1. The maximum Gasteiger partial charge on any atom is 0.204 e. The molecule has 0 fully saturated rings. The Morgan fingerprint density at radius 3 is 2.57 bits per heavy atom. The third-order valence-corrected chi connectivity index (χ3v) is 6.17. The molecule has 0 aliphatic carbocycles. The Bertz CT molecular complexity index is 1140. The molecular formula is C22H20N4O2S2. The van der Waals surface area contributed by atoms with Crippen molar-refractivity contribution in [3.05, 3.63) is 70.8 Å². The predicted molar refractivity (Wildman–Crippen MR) is 122 cm³/mol. The number of furan rings is 1. The number of para-hydroxylation sites is 1. The number of benzene rings is 2. The van der Waals surface area contributed by atoms with E-state index in [9.17, 15) is 0 Å². The topological polar surface area (TPSA) is 96.2 Å². The van der Waals surface area contributed by atoms with Gasteiger partial charge in [-0.2, -0.15) is 5.26 Å². The van der Waals surface area contributed by atoms with E-state index < -0.39 is 0 Å². The molecule has 2 aromatic heterocycles. The number of rotatable bonds is 5. The molecule has 0 aliphatic heterocycles. The van der Waals surface area contributed by atoms with E-state index in [1.54, 1.807) is 23.1 Å². The van der Waals surface area contributed by atoms with Crippen LogP contribution in [0.4, 0.5) is 10.8 Å². The van der Waals surface area contributed by atoms with Gasteiger partial charge in [-0.15, -0.1) is 23.1 Å². The number of nitrogens with zero attached hydrogens (tertiary/aromatic N) is 3. The number of anilines is 2. The molecule has 2 N–H and O–H groups in total. The molecule has 6 nitrogen and oxygen atoms in total.